The van der Waals surface area contributed by atoms with E-state index in [1.54, 1.807) is 6.07 Å². The van der Waals surface area contributed by atoms with E-state index in [1.807, 2.05) is 13.0 Å². The highest BCUT2D eigenvalue weighted by Gasteiger charge is 2.09. The van der Waals surface area contributed by atoms with Gasteiger partial charge in [0.25, 0.3) is 0 Å². The van der Waals surface area contributed by atoms with E-state index in [-0.39, 0.29) is 11.9 Å². The Balaban J connectivity index is 2.69. The highest BCUT2D eigenvalue weighted by Crippen LogP contribution is 2.21. The largest absolute Gasteiger partial charge is 0.494 e. The molecule has 0 bridgehead atoms. The molecular weight excluding hydrogens is 205 g/mol. The summed E-state index contributed by atoms with van der Waals surface area (Å²) >= 11 is 0. The first-order chi connectivity index (χ1) is 7.54. The van der Waals surface area contributed by atoms with Crippen LogP contribution in [0.15, 0.2) is 18.2 Å². The Morgan fingerprint density at radius 3 is 2.50 bits per heavy atom. The van der Waals surface area contributed by atoms with Crippen LogP contribution in [0.1, 0.15) is 32.4 Å². The van der Waals surface area contributed by atoms with E-state index in [0.29, 0.717) is 11.7 Å². The van der Waals surface area contributed by atoms with Crippen molar-refractivity contribution < 1.29 is 9.13 Å². The van der Waals surface area contributed by atoms with Gasteiger partial charge in [0.2, 0.25) is 0 Å². The lowest BCUT2D eigenvalue weighted by molar-refractivity contribution is 0.385. The molecule has 1 rings (SSSR count). The number of hydrogen-bond acceptors (Lipinski definition) is 2. The molecule has 0 amide bonds. The van der Waals surface area contributed by atoms with Crippen LogP contribution in [0.3, 0.4) is 0 Å². The van der Waals surface area contributed by atoms with Gasteiger partial charge in [-0.1, -0.05) is 19.9 Å². The number of halogens is 1. The van der Waals surface area contributed by atoms with Crippen LogP contribution in [0.2, 0.25) is 0 Å². The fourth-order valence-corrected chi connectivity index (χ4v) is 1.48. The Kier molecular flexibility index (Phi) is 4.74. The third-order valence-corrected chi connectivity index (χ3v) is 2.51. The summed E-state index contributed by atoms with van der Waals surface area (Å²) in [5.74, 6) is 0.573. The van der Waals surface area contributed by atoms with E-state index in [1.165, 1.54) is 13.2 Å². The second-order valence-electron chi connectivity index (χ2n) is 4.42. The molecule has 0 fully saturated rings. The highest BCUT2D eigenvalue weighted by molar-refractivity contribution is 5.30. The maximum Gasteiger partial charge on any atom is 0.165 e. The van der Waals surface area contributed by atoms with Crippen LogP contribution in [0.5, 0.6) is 5.75 Å². The number of methoxy groups -OCH3 is 1. The number of nitrogens with one attached hydrogen (secondary N) is 1. The molecule has 0 aliphatic carbocycles. The molecule has 90 valence electrons. The molecule has 0 saturated carbocycles. The summed E-state index contributed by atoms with van der Waals surface area (Å²) < 4.78 is 18.3. The Labute approximate surface area is 96.8 Å². The topological polar surface area (TPSA) is 21.3 Å². The Morgan fingerprint density at radius 1 is 1.31 bits per heavy atom. The van der Waals surface area contributed by atoms with E-state index in [0.717, 1.165) is 12.1 Å². The first-order valence-corrected chi connectivity index (χ1v) is 5.61. The van der Waals surface area contributed by atoms with E-state index >= 15 is 0 Å². The van der Waals surface area contributed by atoms with Crippen LogP contribution in [0.25, 0.3) is 0 Å². The lowest BCUT2D eigenvalue weighted by atomic mass is 10.1. The first kappa shape index (κ1) is 13.0. The zero-order valence-electron chi connectivity index (χ0n) is 10.4. The van der Waals surface area contributed by atoms with Crippen molar-refractivity contribution in [3.8, 4) is 5.75 Å². The Bertz CT molecular complexity index is 339. The lowest BCUT2D eigenvalue weighted by Gasteiger charge is -2.16. The Morgan fingerprint density at radius 2 is 2.00 bits per heavy atom. The highest BCUT2D eigenvalue weighted by atomic mass is 19.1. The summed E-state index contributed by atoms with van der Waals surface area (Å²) in [5.41, 5.74) is 0.943. The standard InChI is InChI=1S/C13H20FNO/c1-9(2)8-15-10(3)11-5-6-13(16-4)12(14)7-11/h5-7,9-10,15H,8H2,1-4H3. The van der Waals surface area contributed by atoms with Crippen molar-refractivity contribution in [2.45, 2.75) is 26.8 Å². The third kappa shape index (κ3) is 3.49. The maximum atomic E-state index is 13.5. The smallest absolute Gasteiger partial charge is 0.165 e. The maximum absolute atomic E-state index is 13.5. The molecule has 16 heavy (non-hydrogen) atoms. The zero-order chi connectivity index (χ0) is 12.1. The van der Waals surface area contributed by atoms with Crippen LogP contribution in [-0.4, -0.2) is 13.7 Å². The first-order valence-electron chi connectivity index (χ1n) is 5.61. The molecule has 1 N–H and O–H groups in total. The number of ether oxygens (including phenoxy) is 1. The zero-order valence-corrected chi connectivity index (χ0v) is 10.4. The molecular formula is C13H20FNO. The molecule has 1 atom stereocenters. The van der Waals surface area contributed by atoms with Gasteiger partial charge in [0.05, 0.1) is 7.11 Å². The normalized spacial score (nSPS) is 12.9. The molecule has 0 aliphatic heterocycles. The van der Waals surface area contributed by atoms with Gasteiger partial charge in [-0.2, -0.15) is 0 Å². The van der Waals surface area contributed by atoms with Crippen molar-refractivity contribution in [1.29, 1.82) is 0 Å². The molecule has 0 radical (unpaired) electrons. The quantitative estimate of drug-likeness (QED) is 0.831. The van der Waals surface area contributed by atoms with E-state index in [2.05, 4.69) is 19.2 Å². The second kappa shape index (κ2) is 5.85. The fraction of sp³-hybridized carbons (Fsp3) is 0.538. The Hall–Kier alpha value is -1.09. The average Bonchev–Trinajstić information content (AvgIpc) is 2.25. The monoisotopic (exact) mass is 225 g/mol. The van der Waals surface area contributed by atoms with E-state index < -0.39 is 0 Å². The summed E-state index contributed by atoms with van der Waals surface area (Å²) in [6.45, 7) is 7.25. The van der Waals surface area contributed by atoms with Crippen LogP contribution in [0, 0.1) is 11.7 Å². The minimum atomic E-state index is -0.307. The van der Waals surface area contributed by atoms with Gasteiger partial charge in [-0.05, 0) is 37.1 Å². The van der Waals surface area contributed by atoms with E-state index in [9.17, 15) is 4.39 Å². The number of rotatable bonds is 5. The van der Waals surface area contributed by atoms with Crippen molar-refractivity contribution in [1.82, 2.24) is 5.32 Å². The van der Waals surface area contributed by atoms with Crippen molar-refractivity contribution in [3.63, 3.8) is 0 Å². The van der Waals surface area contributed by atoms with Crippen LogP contribution < -0.4 is 10.1 Å². The summed E-state index contributed by atoms with van der Waals surface area (Å²) in [6.07, 6.45) is 0. The average molecular weight is 225 g/mol. The van der Waals surface area contributed by atoms with Gasteiger partial charge in [0, 0.05) is 6.04 Å². The van der Waals surface area contributed by atoms with Crippen molar-refractivity contribution in [2.75, 3.05) is 13.7 Å². The number of benzene rings is 1. The van der Waals surface area contributed by atoms with Gasteiger partial charge in [0.15, 0.2) is 11.6 Å². The van der Waals surface area contributed by atoms with Crippen molar-refractivity contribution in [3.05, 3.63) is 29.6 Å². The SMILES string of the molecule is COc1ccc(C(C)NCC(C)C)cc1F. The molecule has 2 nitrogen and oxygen atoms in total. The third-order valence-electron chi connectivity index (χ3n) is 2.51. The molecule has 0 aromatic heterocycles. The molecule has 1 aromatic rings. The van der Waals surface area contributed by atoms with Gasteiger partial charge in [-0.3, -0.25) is 0 Å². The summed E-state index contributed by atoms with van der Waals surface area (Å²) in [7, 11) is 1.47. The molecule has 1 unspecified atom stereocenters. The van der Waals surface area contributed by atoms with Crippen molar-refractivity contribution >= 4 is 0 Å². The summed E-state index contributed by atoms with van der Waals surface area (Å²) in [6, 6.07) is 5.23. The molecule has 0 spiro atoms. The van der Waals surface area contributed by atoms with E-state index in [4.69, 9.17) is 4.74 Å². The summed E-state index contributed by atoms with van der Waals surface area (Å²) in [4.78, 5) is 0. The predicted molar refractivity (Wildman–Crippen MR) is 64.2 cm³/mol. The van der Waals surface area contributed by atoms with Gasteiger partial charge < -0.3 is 10.1 Å². The summed E-state index contributed by atoms with van der Waals surface area (Å²) in [5, 5.41) is 3.36. The van der Waals surface area contributed by atoms with Gasteiger partial charge in [0.1, 0.15) is 0 Å². The molecule has 0 saturated heterocycles. The molecule has 0 heterocycles. The number of hydrogen-bond donors (Lipinski definition) is 1. The van der Waals surface area contributed by atoms with Gasteiger partial charge >= 0.3 is 0 Å². The minimum absolute atomic E-state index is 0.155. The predicted octanol–water partition coefficient (Wildman–Crippen LogP) is 3.14. The molecule has 3 heteroatoms. The van der Waals surface area contributed by atoms with Crippen LogP contribution in [0.4, 0.5) is 4.39 Å². The minimum Gasteiger partial charge on any atom is -0.494 e. The van der Waals surface area contributed by atoms with Crippen LogP contribution >= 0.6 is 0 Å². The van der Waals surface area contributed by atoms with Gasteiger partial charge in [-0.25, -0.2) is 4.39 Å². The fourth-order valence-electron chi connectivity index (χ4n) is 1.48. The molecule has 0 aliphatic rings. The lowest BCUT2D eigenvalue weighted by Crippen LogP contribution is -2.23. The second-order valence-corrected chi connectivity index (χ2v) is 4.42. The van der Waals surface area contributed by atoms with Crippen molar-refractivity contribution in [2.24, 2.45) is 5.92 Å². The van der Waals surface area contributed by atoms with Crippen LogP contribution in [-0.2, 0) is 0 Å². The van der Waals surface area contributed by atoms with Gasteiger partial charge in [-0.15, -0.1) is 0 Å². The molecule has 1 aromatic carbocycles.